The van der Waals surface area contributed by atoms with Crippen molar-refractivity contribution in [2.45, 2.75) is 233 Å². The molecule has 0 saturated heterocycles. The van der Waals surface area contributed by atoms with Crippen molar-refractivity contribution in [3.05, 3.63) is 290 Å². The van der Waals surface area contributed by atoms with E-state index in [1.807, 2.05) is 12.2 Å². The molecule has 12 rings (SSSR count). The average Bonchev–Trinajstić information content (AvgIpc) is 1.63. The number of hydrogen-bond acceptors (Lipinski definition) is 27. The molecule has 41 heteroatoms. The van der Waals surface area contributed by atoms with E-state index >= 15 is 0 Å². The van der Waals surface area contributed by atoms with Crippen molar-refractivity contribution in [2.75, 3.05) is 0 Å². The van der Waals surface area contributed by atoms with E-state index in [1.54, 1.807) is 205 Å². The van der Waals surface area contributed by atoms with Crippen molar-refractivity contribution in [3.8, 4) is 45.0 Å². The minimum absolute atomic E-state index is 0. The number of carbonyl (C=O) groups excluding carboxylic acids is 9. The maximum atomic E-state index is 14.8. The van der Waals surface area contributed by atoms with E-state index in [-0.39, 0.29) is 127 Å². The fourth-order valence-electron chi connectivity index (χ4n) is 12.5. The van der Waals surface area contributed by atoms with Crippen LogP contribution in [-0.2, 0) is 23.7 Å². The molecule has 8 heterocycles. The Hall–Kier alpha value is -14.9. The highest BCUT2D eigenvalue weighted by atomic mass is 32.1. The first-order valence-electron chi connectivity index (χ1n) is 44.3. The van der Waals surface area contributed by atoms with Gasteiger partial charge in [-0.3, -0.25) is 24.0 Å². The lowest BCUT2D eigenvalue weighted by atomic mass is 10.1. The predicted octanol–water partition coefficient (Wildman–Crippen LogP) is 23.4. The van der Waals surface area contributed by atoms with Crippen LogP contribution < -0.4 is 22.1 Å². The van der Waals surface area contributed by atoms with Gasteiger partial charge in [-0.05, 0) is 183 Å². The molecule has 4 aromatic carbocycles. The summed E-state index contributed by atoms with van der Waals surface area (Å²) in [7, 11) is 0. The van der Waals surface area contributed by atoms with Crippen LogP contribution in [0.5, 0.6) is 0 Å². The molecule has 12 aromatic rings. The van der Waals surface area contributed by atoms with Gasteiger partial charge in [-0.1, -0.05) is 126 Å². The highest BCUT2D eigenvalue weighted by Crippen LogP contribution is 2.34. The highest BCUT2D eigenvalue weighted by Gasteiger charge is 2.34. The molecule has 0 aliphatic rings. The van der Waals surface area contributed by atoms with Crippen LogP contribution in [0.25, 0.3) is 45.0 Å². The lowest BCUT2D eigenvalue weighted by molar-refractivity contribution is -0.156. The second-order valence-electron chi connectivity index (χ2n) is 34.9. The molecule has 0 saturated carbocycles. The van der Waals surface area contributed by atoms with Gasteiger partial charge in [0.25, 0.3) is 0 Å². The van der Waals surface area contributed by atoms with E-state index in [2.05, 4.69) is 87.9 Å². The monoisotopic (exact) mass is 1990 g/mol. The van der Waals surface area contributed by atoms with Gasteiger partial charge in [-0.2, -0.15) is 26.7 Å². The quantitative estimate of drug-likeness (QED) is 0.00536. The molecule has 0 unspecified atom stereocenters. The number of amides is 2. The summed E-state index contributed by atoms with van der Waals surface area (Å²) in [6, 6.07) is 29.1. The third-order valence-corrected chi connectivity index (χ3v) is 18.9. The Labute approximate surface area is 824 Å². The van der Waals surface area contributed by atoms with E-state index in [4.69, 9.17) is 39.7 Å². The molecule has 762 valence electrons. The summed E-state index contributed by atoms with van der Waals surface area (Å²) in [5.74, 6) is -0.381. The number of halogens is 7. The van der Waals surface area contributed by atoms with Gasteiger partial charge in [0, 0.05) is 72.2 Å². The minimum atomic E-state index is -4.64. The van der Waals surface area contributed by atoms with E-state index < -0.39 is 83.0 Å². The number of nitrogens with zero attached hydrogens (tertiary/aromatic N) is 10. The van der Waals surface area contributed by atoms with Gasteiger partial charge in [0.1, 0.15) is 117 Å². The SMILES string of the molecule is C.C=CCCC(=O)c1ccon1.C=CC[C@H](NC(=O)OC(C)(C)C)c1ncc(-c2ccccc2F)n1C(=O)OC(C)(C)C.CC(C)(C)OC(=O)N[C@@H](C/C=C/CCC(=O)c1ccon1)c1ncc(-c2ccccc2F)n1C(=O)OC(C)(C)C.N[C@@H](C/C=C/CCC(=O)c1ccon1)c1ncc(-c2ccccc2F)[nH]1.N[C@@H](CCCCCC(=O)c1ccon1)c1ncc(-c2ccccc2F)[nH]1.O=CC(F)(F)F.S. The van der Waals surface area contributed by atoms with Crippen LogP contribution >= 0.6 is 13.5 Å². The van der Waals surface area contributed by atoms with Crippen molar-refractivity contribution < 1.29 is 111 Å². The molecule has 0 fully saturated rings. The topological polar surface area (TPSA) is 464 Å². The zero-order valence-electron chi connectivity index (χ0n) is 80.0. The Bertz CT molecular complexity index is 6040. The molecule has 0 radical (unpaired) electrons. The van der Waals surface area contributed by atoms with E-state index in [0.717, 1.165) is 30.3 Å². The van der Waals surface area contributed by atoms with E-state index in [0.29, 0.717) is 96.2 Å². The molecule has 0 bridgehead atoms. The van der Waals surface area contributed by atoms with Crippen LogP contribution in [0, 0.1) is 23.3 Å². The molecule has 33 nitrogen and oxygen atoms in total. The standard InChI is InChI=1S/C29H35FN4O6.C23H30FN3O4.C19H21FN4O2.C19H19FN4O2.C8H9NO2.C2HF3O.CH4.H2S/c1-28(2,3)39-26(36)32-22(14-8-7-9-15-24(35)21-16-17-38-33-21)25-31-18-23(19-12-10-11-13-20(19)30)34(25)27(37)40-29(4,5)6;1-8-11-17(26-20(28)30-22(2,3)4)19-25-14-18(15-12-9-10-13-16(15)24)27(19)21(29)31-23(5,6)7;2*20-14-7-5-4-6-13(14)17-12-22-19(23-17)15(21)8-2-1-3-9-18(25)16-10-11-26-24-16;1-2-3-4-8(10)7-5-6-11-9-7;3-2(4,5)1-6;;/h7-8,10-13,16-18,22H,9,14-15H2,1-6H3,(H,32,36);8-10,12-14,17H,1,11H2,2-7H3,(H,26,28);4-7,10-12,15H,1-3,8-9,21H2,(H,22,23);1-2,4-7,10-12,15H,3,8-9,21H2,(H,22,23);2,5-6H,1,3-4H2;1H;1H4;1H2/b8-7+;;;2-1+;;;;/t22-;17-;2*15-;;;;/m0000..../s1. The van der Waals surface area contributed by atoms with Crippen molar-refractivity contribution in [1.29, 1.82) is 0 Å². The van der Waals surface area contributed by atoms with Crippen LogP contribution in [0.1, 0.15) is 270 Å². The van der Waals surface area contributed by atoms with Crippen molar-refractivity contribution in [2.24, 2.45) is 11.5 Å². The second kappa shape index (κ2) is 57.0. The zero-order valence-corrected chi connectivity index (χ0v) is 81.0. The number of nitrogens with two attached hydrogens (primary N) is 2. The summed E-state index contributed by atoms with van der Waals surface area (Å²) < 4.78 is 131. The van der Waals surface area contributed by atoms with Crippen molar-refractivity contribution in [3.63, 3.8) is 0 Å². The summed E-state index contributed by atoms with van der Waals surface area (Å²) in [6.07, 6.45) is 20.9. The number of Topliss-reactive ketones (excluding diaryl/α,β-unsaturated/α-hetero) is 4. The lowest BCUT2D eigenvalue weighted by Crippen LogP contribution is -2.37. The summed E-state index contributed by atoms with van der Waals surface area (Å²) in [5, 5.41) is 19.9. The van der Waals surface area contributed by atoms with Crippen LogP contribution in [0.4, 0.5) is 49.9 Å². The number of aromatic nitrogens is 12. The van der Waals surface area contributed by atoms with E-state index in [9.17, 15) is 69.1 Å². The number of alkyl carbamates (subject to hydrolysis) is 2. The number of nitrogens with one attached hydrogen (secondary N) is 4. The van der Waals surface area contributed by atoms with E-state index in [1.165, 1.54) is 78.4 Å². The van der Waals surface area contributed by atoms with Crippen LogP contribution in [0.3, 0.4) is 0 Å². The van der Waals surface area contributed by atoms with Gasteiger partial charge in [0.05, 0.1) is 71.7 Å². The third kappa shape index (κ3) is 40.2. The fraction of sp³-hybridized carbons (Fsp3) is 0.356. The largest absolute Gasteiger partial charge is 0.446 e. The fourth-order valence-corrected chi connectivity index (χ4v) is 12.5. The first-order valence-corrected chi connectivity index (χ1v) is 44.3. The number of imidazole rings is 4. The number of unbranched alkanes of at least 4 members (excludes halogenated alkanes) is 2. The number of aldehydes is 1. The Kier molecular flexibility index (Phi) is 47.2. The van der Waals surface area contributed by atoms with Gasteiger partial charge in [-0.15, -0.1) is 13.2 Å². The van der Waals surface area contributed by atoms with Gasteiger partial charge >= 0.3 is 30.5 Å². The molecule has 0 spiro atoms. The van der Waals surface area contributed by atoms with Gasteiger partial charge in [-0.25, -0.2) is 65.8 Å². The molecular weight excluding hydrogens is 1870 g/mol. The molecule has 4 atom stereocenters. The van der Waals surface area contributed by atoms with Crippen LogP contribution in [0.2, 0.25) is 0 Å². The Morgan fingerprint density at radius 2 is 0.754 bits per heavy atom. The number of aromatic amines is 2. The second-order valence-corrected chi connectivity index (χ2v) is 34.9. The maximum Gasteiger partial charge on any atom is 0.446 e. The number of carbonyl (C=O) groups is 9. The smallest absolute Gasteiger partial charge is 0.444 e. The van der Waals surface area contributed by atoms with Crippen LogP contribution in [-0.4, -0.2) is 142 Å². The number of allylic oxidation sites excluding steroid dienone is 3. The Morgan fingerprint density at radius 1 is 0.423 bits per heavy atom. The molecule has 8 aromatic heterocycles. The van der Waals surface area contributed by atoms with Crippen molar-refractivity contribution >= 4 is 67.3 Å². The number of benzene rings is 4. The van der Waals surface area contributed by atoms with Crippen LogP contribution in [0.15, 0.2) is 239 Å². The van der Waals surface area contributed by atoms with Gasteiger partial charge < -0.3 is 69.1 Å². The number of hydrogen-bond donors (Lipinski definition) is 6. The van der Waals surface area contributed by atoms with Crippen molar-refractivity contribution in [1.82, 2.24) is 70.3 Å². The number of H-pyrrole nitrogens is 2. The van der Waals surface area contributed by atoms with Gasteiger partial charge in [0.2, 0.25) is 6.29 Å². The molecule has 0 aliphatic heterocycles. The number of rotatable bonds is 35. The Morgan fingerprint density at radius 3 is 1.08 bits per heavy atom. The summed E-state index contributed by atoms with van der Waals surface area (Å²) in [4.78, 5) is 131. The molecule has 142 heavy (non-hydrogen) atoms. The minimum Gasteiger partial charge on any atom is -0.444 e. The Balaban J connectivity index is 0.000000317. The first kappa shape index (κ1) is 118. The number of alkyl halides is 3. The summed E-state index contributed by atoms with van der Waals surface area (Å²) in [6.45, 7) is 28.0. The number of ether oxygens (including phenoxy) is 4. The maximum absolute atomic E-state index is 14.8. The highest BCUT2D eigenvalue weighted by molar-refractivity contribution is 7.59. The molecule has 2 amide bonds. The molecule has 8 N–H and O–H groups in total. The summed E-state index contributed by atoms with van der Waals surface area (Å²) in [5.41, 5.74) is 13.4. The summed E-state index contributed by atoms with van der Waals surface area (Å²) >= 11 is 0. The normalized spacial score (nSPS) is 12.1. The average molecular weight is 2000 g/mol. The predicted molar refractivity (Wildman–Crippen MR) is 520 cm³/mol. The number of ketones is 4. The zero-order chi connectivity index (χ0) is 103. The third-order valence-electron chi connectivity index (χ3n) is 18.9. The lowest BCUT2D eigenvalue weighted by Gasteiger charge is -2.25. The van der Waals surface area contributed by atoms with Gasteiger partial charge in [0.15, 0.2) is 23.1 Å². The molecule has 0 aliphatic carbocycles. The first-order chi connectivity index (χ1) is 66.3. The molecular formula is C101H121F7N16O17S.